The number of nitrogens with zero attached hydrogens (tertiary/aromatic N) is 3. The molecular weight excluding hydrogens is 378 g/mol. The Balaban J connectivity index is 2.03. The van der Waals surface area contributed by atoms with Gasteiger partial charge < -0.3 is 4.57 Å². The number of nitrogens with one attached hydrogen (secondary N) is 2. The molecule has 2 aromatic heterocycles. The van der Waals surface area contributed by atoms with Crippen molar-refractivity contribution < 1.29 is 9.59 Å². The fourth-order valence-electron chi connectivity index (χ4n) is 2.03. The van der Waals surface area contributed by atoms with Crippen molar-refractivity contribution in [1.82, 2.24) is 25.2 Å². The van der Waals surface area contributed by atoms with Crippen LogP contribution in [0.15, 0.2) is 33.7 Å². The minimum absolute atomic E-state index is 0.0547. The van der Waals surface area contributed by atoms with Crippen LogP contribution in [0.4, 0.5) is 0 Å². The van der Waals surface area contributed by atoms with Gasteiger partial charge in [-0.05, 0) is 34.5 Å². The Bertz CT molecular complexity index is 812. The van der Waals surface area contributed by atoms with Gasteiger partial charge in [0.1, 0.15) is 5.69 Å². The van der Waals surface area contributed by atoms with Gasteiger partial charge in [0.05, 0.1) is 0 Å². The van der Waals surface area contributed by atoms with Crippen LogP contribution < -0.4 is 16.4 Å². The summed E-state index contributed by atoms with van der Waals surface area (Å²) in [6.07, 6.45) is 3.42. The van der Waals surface area contributed by atoms with Gasteiger partial charge in [-0.3, -0.25) is 25.2 Å². The molecular formula is C15H18BrN5O3. The molecule has 0 spiro atoms. The molecule has 0 fully saturated rings. The number of carbonyl (C=O) groups is 2. The van der Waals surface area contributed by atoms with Crippen LogP contribution in [0.25, 0.3) is 0 Å². The Kier molecular flexibility index (Phi) is 5.91. The smallest absolute Gasteiger partial charge is 0.290 e. The molecule has 0 aliphatic rings. The van der Waals surface area contributed by atoms with Crippen molar-refractivity contribution >= 4 is 27.7 Å². The van der Waals surface area contributed by atoms with Crippen LogP contribution in [0.2, 0.25) is 0 Å². The first-order chi connectivity index (χ1) is 11.4. The first-order valence-corrected chi connectivity index (χ1v) is 8.22. The van der Waals surface area contributed by atoms with E-state index in [2.05, 4.69) is 31.9 Å². The predicted octanol–water partition coefficient (Wildman–Crippen LogP) is 1.22. The second-order valence-electron chi connectivity index (χ2n) is 5.20. The molecule has 0 bridgehead atoms. The Hall–Kier alpha value is -2.42. The molecule has 0 saturated carbocycles. The molecule has 8 nitrogen and oxygen atoms in total. The van der Waals surface area contributed by atoms with E-state index in [-0.39, 0.29) is 11.3 Å². The van der Waals surface area contributed by atoms with E-state index in [0.717, 1.165) is 17.3 Å². The molecule has 2 amide bonds. The highest BCUT2D eigenvalue weighted by Crippen LogP contribution is 2.13. The lowest BCUT2D eigenvalue weighted by Crippen LogP contribution is -2.43. The van der Waals surface area contributed by atoms with Crippen LogP contribution in [0, 0.1) is 0 Å². The lowest BCUT2D eigenvalue weighted by Gasteiger charge is -2.09. The molecule has 24 heavy (non-hydrogen) atoms. The number of aryl methyl sites for hydroxylation is 2. The van der Waals surface area contributed by atoms with Crippen molar-refractivity contribution in [2.75, 3.05) is 0 Å². The average molecular weight is 396 g/mol. The number of aromatic nitrogens is 3. The molecule has 0 radical (unpaired) electrons. The van der Waals surface area contributed by atoms with Gasteiger partial charge in [-0.2, -0.15) is 5.10 Å². The van der Waals surface area contributed by atoms with Crippen molar-refractivity contribution in [3.63, 3.8) is 0 Å². The number of halogens is 1. The maximum absolute atomic E-state index is 12.1. The largest absolute Gasteiger partial charge is 0.345 e. The molecule has 0 saturated heterocycles. The van der Waals surface area contributed by atoms with E-state index in [9.17, 15) is 14.4 Å². The summed E-state index contributed by atoms with van der Waals surface area (Å²) in [5, 5.41) is 4.01. The zero-order chi connectivity index (χ0) is 17.7. The lowest BCUT2D eigenvalue weighted by molar-refractivity contribution is 0.0838. The first-order valence-electron chi connectivity index (χ1n) is 7.43. The average Bonchev–Trinajstić information content (AvgIpc) is 2.90. The summed E-state index contributed by atoms with van der Waals surface area (Å²) in [6.45, 7) is 2.44. The summed E-state index contributed by atoms with van der Waals surface area (Å²) >= 11 is 3.27. The van der Waals surface area contributed by atoms with Crippen molar-refractivity contribution in [3.05, 3.63) is 50.6 Å². The molecule has 0 aromatic carbocycles. The SMILES string of the molecule is CCCCn1nc(C(=O)NNC(=O)c2cc(Br)cn2C)ccc1=O. The zero-order valence-electron chi connectivity index (χ0n) is 13.4. The van der Waals surface area contributed by atoms with Crippen molar-refractivity contribution in [3.8, 4) is 0 Å². The zero-order valence-corrected chi connectivity index (χ0v) is 15.0. The van der Waals surface area contributed by atoms with Crippen LogP contribution in [-0.4, -0.2) is 26.2 Å². The van der Waals surface area contributed by atoms with Gasteiger partial charge in [-0.15, -0.1) is 0 Å². The fourth-order valence-corrected chi connectivity index (χ4v) is 2.55. The second kappa shape index (κ2) is 7.91. The molecule has 0 aliphatic carbocycles. The normalized spacial score (nSPS) is 10.5. The van der Waals surface area contributed by atoms with Crippen LogP contribution in [0.5, 0.6) is 0 Å². The van der Waals surface area contributed by atoms with Gasteiger partial charge in [0.15, 0.2) is 5.69 Å². The molecule has 2 rings (SSSR count). The molecule has 2 N–H and O–H groups in total. The second-order valence-corrected chi connectivity index (χ2v) is 6.11. The number of rotatable bonds is 5. The number of hydrogen-bond acceptors (Lipinski definition) is 4. The molecule has 0 unspecified atom stereocenters. The third-order valence-corrected chi connectivity index (χ3v) is 3.75. The van der Waals surface area contributed by atoms with E-state index in [1.165, 1.54) is 16.8 Å². The first kappa shape index (κ1) is 17.9. The van der Waals surface area contributed by atoms with Crippen LogP contribution in [0.3, 0.4) is 0 Å². The highest BCUT2D eigenvalue weighted by Gasteiger charge is 2.14. The Morgan fingerprint density at radius 3 is 2.58 bits per heavy atom. The standard InChI is InChI=1S/C15H18BrN5O3/c1-3-4-7-21-13(22)6-5-11(19-21)14(23)17-18-15(24)12-8-10(16)9-20(12)2/h5-6,8-9H,3-4,7H2,1-2H3,(H,17,23)(H,18,24). The van der Waals surface area contributed by atoms with Crippen LogP contribution in [-0.2, 0) is 13.6 Å². The summed E-state index contributed by atoms with van der Waals surface area (Å²) in [6, 6.07) is 4.24. The Labute approximate surface area is 147 Å². The van der Waals surface area contributed by atoms with E-state index in [1.807, 2.05) is 6.92 Å². The van der Waals surface area contributed by atoms with E-state index >= 15 is 0 Å². The maximum atomic E-state index is 12.1. The summed E-state index contributed by atoms with van der Waals surface area (Å²) in [5.41, 5.74) is 4.78. The van der Waals surface area contributed by atoms with Gasteiger partial charge in [0.2, 0.25) is 0 Å². The Morgan fingerprint density at radius 1 is 1.25 bits per heavy atom. The number of amides is 2. The lowest BCUT2D eigenvalue weighted by atomic mass is 10.3. The third-order valence-electron chi connectivity index (χ3n) is 3.32. The molecule has 0 atom stereocenters. The van der Waals surface area contributed by atoms with Gasteiger partial charge in [-0.25, -0.2) is 4.68 Å². The molecule has 0 aliphatic heterocycles. The highest BCUT2D eigenvalue weighted by molar-refractivity contribution is 9.10. The van der Waals surface area contributed by atoms with E-state index < -0.39 is 11.8 Å². The van der Waals surface area contributed by atoms with Gasteiger partial charge in [0, 0.05) is 30.3 Å². The number of unbranched alkanes of at least 4 members (excludes halogenated alkanes) is 1. The summed E-state index contributed by atoms with van der Waals surface area (Å²) in [4.78, 5) is 35.8. The predicted molar refractivity (Wildman–Crippen MR) is 91.5 cm³/mol. The van der Waals surface area contributed by atoms with E-state index in [4.69, 9.17) is 0 Å². The summed E-state index contributed by atoms with van der Waals surface area (Å²) < 4.78 is 3.62. The van der Waals surface area contributed by atoms with Crippen molar-refractivity contribution in [1.29, 1.82) is 0 Å². The Morgan fingerprint density at radius 2 is 1.96 bits per heavy atom. The fraction of sp³-hybridized carbons (Fsp3) is 0.333. The third kappa shape index (κ3) is 4.31. The van der Waals surface area contributed by atoms with Crippen LogP contribution >= 0.6 is 15.9 Å². The molecule has 128 valence electrons. The van der Waals surface area contributed by atoms with E-state index in [0.29, 0.717) is 12.2 Å². The van der Waals surface area contributed by atoms with Crippen molar-refractivity contribution in [2.45, 2.75) is 26.3 Å². The number of hydrogen-bond donors (Lipinski definition) is 2. The van der Waals surface area contributed by atoms with Gasteiger partial charge in [-0.1, -0.05) is 13.3 Å². The van der Waals surface area contributed by atoms with Gasteiger partial charge >= 0.3 is 0 Å². The maximum Gasteiger partial charge on any atom is 0.290 e. The van der Waals surface area contributed by atoms with Crippen LogP contribution in [0.1, 0.15) is 40.7 Å². The monoisotopic (exact) mass is 395 g/mol. The van der Waals surface area contributed by atoms with E-state index in [1.54, 1.807) is 23.9 Å². The quantitative estimate of drug-likeness (QED) is 0.743. The summed E-state index contributed by atoms with van der Waals surface area (Å²) in [5.74, 6) is -1.06. The molecule has 2 heterocycles. The highest BCUT2D eigenvalue weighted by atomic mass is 79.9. The topological polar surface area (TPSA) is 98.0 Å². The molecule has 9 heteroatoms. The minimum atomic E-state index is -0.595. The van der Waals surface area contributed by atoms with Crippen molar-refractivity contribution in [2.24, 2.45) is 7.05 Å². The molecule has 2 aromatic rings. The number of hydrazine groups is 1. The van der Waals surface area contributed by atoms with Gasteiger partial charge in [0.25, 0.3) is 17.4 Å². The summed E-state index contributed by atoms with van der Waals surface area (Å²) in [7, 11) is 1.71. The number of carbonyl (C=O) groups excluding carboxylic acids is 2. The minimum Gasteiger partial charge on any atom is -0.345 e.